The zero-order chi connectivity index (χ0) is 26.2. The Labute approximate surface area is 218 Å². The van der Waals surface area contributed by atoms with Crippen molar-refractivity contribution in [1.29, 1.82) is 0 Å². The largest absolute Gasteiger partial charge is 0.465 e. The molecule has 12 heteroatoms. The Kier molecular flexibility index (Phi) is 7.12. The van der Waals surface area contributed by atoms with Crippen molar-refractivity contribution >= 4 is 56.6 Å². The van der Waals surface area contributed by atoms with Gasteiger partial charge in [0.05, 0.1) is 56.4 Å². The minimum absolute atomic E-state index is 0.0596. The van der Waals surface area contributed by atoms with Crippen LogP contribution >= 0.6 is 23.2 Å². The Hall–Kier alpha value is -3.34. The van der Waals surface area contributed by atoms with E-state index in [9.17, 15) is 23.1 Å². The second-order valence-corrected chi connectivity index (χ2v) is 11.0. The molecule has 2 aromatic carbocycles. The molecule has 2 heterocycles. The summed E-state index contributed by atoms with van der Waals surface area (Å²) < 4.78 is 28.5. The fourth-order valence-electron chi connectivity index (χ4n) is 3.96. The number of aromatic nitrogens is 1. The third kappa shape index (κ3) is 4.97. The minimum atomic E-state index is -4.08. The number of nitrogens with zero attached hydrogens (tertiary/aromatic N) is 3. The lowest BCUT2D eigenvalue weighted by atomic mass is 10.0. The van der Waals surface area contributed by atoms with Gasteiger partial charge >= 0.3 is 6.09 Å². The molecule has 2 N–H and O–H groups in total. The van der Waals surface area contributed by atoms with E-state index in [1.807, 2.05) is 0 Å². The van der Waals surface area contributed by atoms with E-state index in [4.69, 9.17) is 23.2 Å². The number of carbonyl (C=O) groups is 2. The molecule has 0 radical (unpaired) electrons. The number of aryl methyl sites for hydroxylation is 1. The number of likely N-dealkylation sites (N-methyl/N-ethyl adjacent to an activating group) is 1. The van der Waals surface area contributed by atoms with E-state index < -0.39 is 28.1 Å². The summed E-state index contributed by atoms with van der Waals surface area (Å²) in [5, 5.41) is 12.5. The van der Waals surface area contributed by atoms with E-state index in [0.29, 0.717) is 5.69 Å². The summed E-state index contributed by atoms with van der Waals surface area (Å²) in [7, 11) is -2.70. The summed E-state index contributed by atoms with van der Waals surface area (Å²) in [6.07, 6.45) is 0.391. The number of hydrogen-bond donors (Lipinski definition) is 2. The summed E-state index contributed by atoms with van der Waals surface area (Å²) in [5.41, 5.74) is 1.68. The SMILES string of the molecule is Cc1cccc(S(=O)(=O)N2CC(N(C)C(=O)O)Cc3ncc(NC(=O)c4c(Cl)cccc4Cl)cc32)c1. The van der Waals surface area contributed by atoms with E-state index in [0.717, 1.165) is 14.8 Å². The van der Waals surface area contributed by atoms with Crippen LogP contribution in [-0.2, 0) is 16.4 Å². The third-order valence-electron chi connectivity index (χ3n) is 5.90. The first kappa shape index (κ1) is 25.7. The summed E-state index contributed by atoms with van der Waals surface area (Å²) >= 11 is 12.3. The van der Waals surface area contributed by atoms with Gasteiger partial charge < -0.3 is 15.3 Å². The summed E-state index contributed by atoms with van der Waals surface area (Å²) in [4.78, 5) is 30.0. The number of carboxylic acid groups (broad SMARTS) is 1. The van der Waals surface area contributed by atoms with Gasteiger partial charge in [0.1, 0.15) is 0 Å². The number of amides is 2. The van der Waals surface area contributed by atoms with Crippen molar-refractivity contribution in [2.24, 2.45) is 0 Å². The Balaban J connectivity index is 1.76. The first-order valence-electron chi connectivity index (χ1n) is 10.8. The van der Waals surface area contributed by atoms with E-state index in [-0.39, 0.29) is 44.8 Å². The van der Waals surface area contributed by atoms with Crippen LogP contribution in [0.5, 0.6) is 0 Å². The second kappa shape index (κ2) is 9.96. The van der Waals surface area contributed by atoms with Crippen LogP contribution in [0.15, 0.2) is 59.6 Å². The Bertz CT molecular complexity index is 1440. The lowest BCUT2D eigenvalue weighted by molar-refractivity contribution is 0.102. The number of rotatable bonds is 5. The van der Waals surface area contributed by atoms with Gasteiger partial charge in [0, 0.05) is 13.5 Å². The number of sulfonamides is 1. The van der Waals surface area contributed by atoms with Gasteiger partial charge in [0.15, 0.2) is 0 Å². The number of halogens is 2. The topological polar surface area (TPSA) is 120 Å². The number of carbonyl (C=O) groups excluding carboxylic acids is 1. The van der Waals surface area contributed by atoms with Gasteiger partial charge in [0.2, 0.25) is 0 Å². The van der Waals surface area contributed by atoms with Crippen LogP contribution < -0.4 is 9.62 Å². The standard InChI is InChI=1S/C24H22Cl2N4O5S/c1-14-5-3-6-17(9-14)36(34,35)30-13-16(29(2)24(32)33)11-20-21(30)10-15(12-27-20)28-23(31)22-18(25)7-4-8-19(22)26/h3-10,12,16H,11,13H2,1-2H3,(H,28,31)(H,32,33). The van der Waals surface area contributed by atoms with Crippen LogP contribution in [0.1, 0.15) is 21.6 Å². The van der Waals surface area contributed by atoms with E-state index in [1.165, 1.54) is 43.6 Å². The monoisotopic (exact) mass is 548 g/mol. The van der Waals surface area contributed by atoms with E-state index in [1.54, 1.807) is 25.1 Å². The quantitative estimate of drug-likeness (QED) is 0.477. The van der Waals surface area contributed by atoms with Crippen molar-refractivity contribution in [3.05, 3.63) is 81.6 Å². The summed E-state index contributed by atoms with van der Waals surface area (Å²) in [6.45, 7) is 1.65. The third-order valence-corrected chi connectivity index (χ3v) is 8.30. The zero-order valence-corrected chi connectivity index (χ0v) is 21.6. The maximum absolute atomic E-state index is 13.7. The minimum Gasteiger partial charge on any atom is -0.465 e. The zero-order valence-electron chi connectivity index (χ0n) is 19.3. The fraction of sp³-hybridized carbons (Fsp3) is 0.208. The molecule has 36 heavy (non-hydrogen) atoms. The first-order valence-corrected chi connectivity index (χ1v) is 13.0. The molecule has 0 fully saturated rings. The molecule has 188 valence electrons. The molecule has 1 atom stereocenters. The normalized spacial score (nSPS) is 15.2. The van der Waals surface area contributed by atoms with Crippen molar-refractivity contribution in [1.82, 2.24) is 9.88 Å². The summed E-state index contributed by atoms with van der Waals surface area (Å²) in [5.74, 6) is -0.584. The molecule has 0 saturated heterocycles. The van der Waals surface area contributed by atoms with Crippen molar-refractivity contribution < 1.29 is 23.1 Å². The Morgan fingerprint density at radius 3 is 2.44 bits per heavy atom. The number of anilines is 2. The van der Waals surface area contributed by atoms with E-state index in [2.05, 4.69) is 10.3 Å². The van der Waals surface area contributed by atoms with Crippen LogP contribution in [0.2, 0.25) is 10.0 Å². The predicted molar refractivity (Wildman–Crippen MR) is 138 cm³/mol. The lowest BCUT2D eigenvalue weighted by Gasteiger charge is -2.37. The molecule has 9 nitrogen and oxygen atoms in total. The average Bonchev–Trinajstić information content (AvgIpc) is 2.82. The lowest BCUT2D eigenvalue weighted by Crippen LogP contribution is -2.50. The average molecular weight is 549 g/mol. The van der Waals surface area contributed by atoms with Crippen molar-refractivity contribution in [3.8, 4) is 0 Å². The number of benzene rings is 2. The molecule has 3 aromatic rings. The number of fused-ring (bicyclic) bond motifs is 1. The molecule has 0 spiro atoms. The number of nitrogens with one attached hydrogen (secondary N) is 1. The van der Waals surface area contributed by atoms with Crippen LogP contribution in [-0.4, -0.2) is 55.0 Å². The van der Waals surface area contributed by atoms with Gasteiger partial charge in [-0.05, 0) is 42.8 Å². The maximum Gasteiger partial charge on any atom is 0.407 e. The highest BCUT2D eigenvalue weighted by atomic mass is 35.5. The van der Waals surface area contributed by atoms with E-state index >= 15 is 0 Å². The molecule has 0 bridgehead atoms. The van der Waals surface area contributed by atoms with Crippen LogP contribution in [0, 0.1) is 6.92 Å². The van der Waals surface area contributed by atoms with Gasteiger partial charge in [0.25, 0.3) is 15.9 Å². The predicted octanol–water partition coefficient (Wildman–Crippen LogP) is 4.68. The molecule has 1 aliphatic heterocycles. The highest BCUT2D eigenvalue weighted by Gasteiger charge is 2.37. The maximum atomic E-state index is 13.7. The number of pyridine rings is 1. The van der Waals surface area contributed by atoms with Crippen molar-refractivity contribution in [3.63, 3.8) is 0 Å². The molecular formula is C24H22Cl2N4O5S. The van der Waals surface area contributed by atoms with Gasteiger partial charge in [-0.1, -0.05) is 41.4 Å². The summed E-state index contributed by atoms with van der Waals surface area (Å²) in [6, 6.07) is 11.9. The van der Waals surface area contributed by atoms with Crippen LogP contribution in [0.4, 0.5) is 16.2 Å². The van der Waals surface area contributed by atoms with Gasteiger partial charge in [-0.2, -0.15) is 0 Å². The van der Waals surface area contributed by atoms with Gasteiger partial charge in [-0.25, -0.2) is 13.2 Å². The Morgan fingerprint density at radius 1 is 1.14 bits per heavy atom. The van der Waals surface area contributed by atoms with Gasteiger partial charge in [-0.3, -0.25) is 14.1 Å². The fourth-order valence-corrected chi connectivity index (χ4v) is 6.15. The molecule has 0 aliphatic carbocycles. The van der Waals surface area contributed by atoms with Crippen molar-refractivity contribution in [2.75, 3.05) is 23.2 Å². The smallest absolute Gasteiger partial charge is 0.407 e. The highest BCUT2D eigenvalue weighted by Crippen LogP contribution is 2.35. The van der Waals surface area contributed by atoms with Crippen LogP contribution in [0.3, 0.4) is 0 Å². The molecule has 2 amide bonds. The molecule has 4 rings (SSSR count). The molecule has 1 aliphatic rings. The molecule has 1 aromatic heterocycles. The highest BCUT2D eigenvalue weighted by molar-refractivity contribution is 7.92. The van der Waals surface area contributed by atoms with Gasteiger partial charge in [-0.15, -0.1) is 0 Å². The van der Waals surface area contributed by atoms with Crippen LogP contribution in [0.25, 0.3) is 0 Å². The number of hydrogen-bond acceptors (Lipinski definition) is 5. The van der Waals surface area contributed by atoms with Crippen molar-refractivity contribution in [2.45, 2.75) is 24.3 Å². The second-order valence-electron chi connectivity index (χ2n) is 8.34. The molecule has 1 unspecified atom stereocenters. The molecule has 0 saturated carbocycles. The first-order chi connectivity index (χ1) is 17.0. The molecular weight excluding hydrogens is 527 g/mol. The Morgan fingerprint density at radius 2 is 1.81 bits per heavy atom.